The molecule has 0 saturated carbocycles. The molecular formula is C16H20N2O2. The number of H-pyrrole nitrogens is 1. The Labute approximate surface area is 118 Å². The number of hydrogen-bond donors (Lipinski definition) is 2. The number of aryl methyl sites for hydroxylation is 1. The zero-order chi connectivity index (χ0) is 14.1. The fourth-order valence-corrected chi connectivity index (χ4v) is 3.00. The number of aliphatic hydroxyl groups excluding tert-OH is 1. The second-order valence-corrected chi connectivity index (χ2v) is 5.60. The minimum Gasteiger partial charge on any atom is -0.393 e. The molecule has 2 aromatic rings. The third-order valence-corrected chi connectivity index (χ3v) is 4.10. The van der Waals surface area contributed by atoms with Crippen LogP contribution in [0.1, 0.15) is 28.9 Å². The molecule has 0 spiro atoms. The maximum Gasteiger partial charge on any atom is 0.179 e. The molecule has 1 aromatic carbocycles. The Morgan fingerprint density at radius 1 is 1.35 bits per heavy atom. The Morgan fingerprint density at radius 3 is 2.80 bits per heavy atom. The number of aliphatic hydroxyl groups is 1. The molecule has 1 fully saturated rings. The van der Waals surface area contributed by atoms with Gasteiger partial charge in [-0.15, -0.1) is 0 Å². The molecular weight excluding hydrogens is 252 g/mol. The monoisotopic (exact) mass is 272 g/mol. The third kappa shape index (κ3) is 2.49. The summed E-state index contributed by atoms with van der Waals surface area (Å²) in [6.45, 7) is 3.99. The lowest BCUT2D eigenvalue weighted by atomic mass is 10.0. The number of carbonyl (C=O) groups is 1. The summed E-state index contributed by atoms with van der Waals surface area (Å²) in [5.74, 6) is 0.163. The number of fused-ring (bicyclic) bond motifs is 1. The van der Waals surface area contributed by atoms with Gasteiger partial charge in [0.15, 0.2) is 5.78 Å². The summed E-state index contributed by atoms with van der Waals surface area (Å²) >= 11 is 0. The molecule has 1 aliphatic heterocycles. The highest BCUT2D eigenvalue weighted by atomic mass is 16.3. The molecule has 2 N–H and O–H groups in total. The van der Waals surface area contributed by atoms with Gasteiger partial charge in [-0.05, 0) is 25.8 Å². The van der Waals surface area contributed by atoms with Gasteiger partial charge in [0.1, 0.15) is 0 Å². The topological polar surface area (TPSA) is 56.3 Å². The smallest absolute Gasteiger partial charge is 0.179 e. The summed E-state index contributed by atoms with van der Waals surface area (Å²) in [7, 11) is 0. The van der Waals surface area contributed by atoms with Crippen molar-refractivity contribution in [1.82, 2.24) is 9.88 Å². The van der Waals surface area contributed by atoms with E-state index in [4.69, 9.17) is 0 Å². The highest BCUT2D eigenvalue weighted by molar-refractivity contribution is 6.10. The number of likely N-dealkylation sites (tertiary alicyclic amines) is 1. The molecule has 0 bridgehead atoms. The second kappa shape index (κ2) is 5.38. The Kier molecular flexibility index (Phi) is 3.59. The standard InChI is InChI=1S/C16H20N2O2/c1-11-16(13-4-2-3-5-14(13)17-11)15(20)10-18-8-6-12(19)7-9-18/h2-5,12,17,19H,6-10H2,1H3. The zero-order valence-electron chi connectivity index (χ0n) is 11.7. The summed E-state index contributed by atoms with van der Waals surface area (Å²) in [5.41, 5.74) is 2.77. The lowest BCUT2D eigenvalue weighted by Crippen LogP contribution is -2.39. The lowest BCUT2D eigenvalue weighted by molar-refractivity contribution is 0.0711. The van der Waals surface area contributed by atoms with Crippen LogP contribution in [0.3, 0.4) is 0 Å². The van der Waals surface area contributed by atoms with Crippen LogP contribution in [0.15, 0.2) is 24.3 Å². The van der Waals surface area contributed by atoms with Crippen molar-refractivity contribution in [2.45, 2.75) is 25.9 Å². The highest BCUT2D eigenvalue weighted by Gasteiger charge is 2.22. The number of aromatic amines is 1. The first-order chi connectivity index (χ1) is 9.65. The van der Waals surface area contributed by atoms with Gasteiger partial charge in [-0.25, -0.2) is 0 Å². The largest absolute Gasteiger partial charge is 0.393 e. The van der Waals surface area contributed by atoms with Crippen molar-refractivity contribution in [3.8, 4) is 0 Å². The first-order valence-corrected chi connectivity index (χ1v) is 7.16. The van der Waals surface area contributed by atoms with Crippen molar-refractivity contribution >= 4 is 16.7 Å². The summed E-state index contributed by atoms with van der Waals surface area (Å²) in [6.07, 6.45) is 1.33. The Hall–Kier alpha value is -1.65. The van der Waals surface area contributed by atoms with Gasteiger partial charge in [0.05, 0.1) is 12.6 Å². The number of nitrogens with zero attached hydrogens (tertiary/aromatic N) is 1. The minimum absolute atomic E-state index is 0.163. The van der Waals surface area contributed by atoms with Gasteiger partial charge < -0.3 is 10.1 Å². The maximum atomic E-state index is 12.6. The molecule has 0 radical (unpaired) electrons. The van der Waals surface area contributed by atoms with E-state index in [0.717, 1.165) is 48.1 Å². The predicted molar refractivity (Wildman–Crippen MR) is 79.0 cm³/mol. The maximum absolute atomic E-state index is 12.6. The second-order valence-electron chi connectivity index (χ2n) is 5.60. The number of nitrogens with one attached hydrogen (secondary N) is 1. The fourth-order valence-electron chi connectivity index (χ4n) is 3.00. The van der Waals surface area contributed by atoms with Gasteiger partial charge in [0.2, 0.25) is 0 Å². The molecule has 4 heteroatoms. The van der Waals surface area contributed by atoms with E-state index < -0.39 is 0 Å². The number of hydrogen-bond acceptors (Lipinski definition) is 3. The fraction of sp³-hybridized carbons (Fsp3) is 0.438. The van der Waals surface area contributed by atoms with Crippen LogP contribution in [0.25, 0.3) is 10.9 Å². The van der Waals surface area contributed by atoms with Crippen LogP contribution in [-0.2, 0) is 0 Å². The number of rotatable bonds is 3. The van der Waals surface area contributed by atoms with E-state index in [2.05, 4.69) is 9.88 Å². The molecule has 1 aromatic heterocycles. The Balaban J connectivity index is 1.80. The molecule has 20 heavy (non-hydrogen) atoms. The van der Waals surface area contributed by atoms with Gasteiger partial charge in [-0.2, -0.15) is 0 Å². The Morgan fingerprint density at radius 2 is 2.05 bits per heavy atom. The van der Waals surface area contributed by atoms with Crippen LogP contribution in [0.2, 0.25) is 0 Å². The van der Waals surface area contributed by atoms with Gasteiger partial charge in [0, 0.05) is 35.2 Å². The van der Waals surface area contributed by atoms with Crippen molar-refractivity contribution in [3.63, 3.8) is 0 Å². The van der Waals surface area contributed by atoms with Gasteiger partial charge >= 0.3 is 0 Å². The van der Waals surface area contributed by atoms with E-state index in [0.29, 0.717) is 6.54 Å². The molecule has 106 valence electrons. The molecule has 2 heterocycles. The zero-order valence-corrected chi connectivity index (χ0v) is 11.7. The molecule has 1 aliphatic rings. The van der Waals surface area contributed by atoms with Crippen LogP contribution in [0.5, 0.6) is 0 Å². The minimum atomic E-state index is -0.198. The van der Waals surface area contributed by atoms with E-state index in [9.17, 15) is 9.90 Å². The molecule has 0 unspecified atom stereocenters. The number of aromatic nitrogens is 1. The van der Waals surface area contributed by atoms with Gasteiger partial charge in [-0.1, -0.05) is 18.2 Å². The van der Waals surface area contributed by atoms with Crippen LogP contribution in [-0.4, -0.2) is 46.5 Å². The van der Waals surface area contributed by atoms with Crippen LogP contribution >= 0.6 is 0 Å². The van der Waals surface area contributed by atoms with E-state index in [1.54, 1.807) is 0 Å². The quantitative estimate of drug-likeness (QED) is 0.841. The summed E-state index contributed by atoms with van der Waals surface area (Å²) < 4.78 is 0. The number of carbonyl (C=O) groups excluding carboxylic acids is 1. The van der Waals surface area contributed by atoms with Crippen molar-refractivity contribution in [1.29, 1.82) is 0 Å². The lowest BCUT2D eigenvalue weighted by Gasteiger charge is -2.28. The normalized spacial score (nSPS) is 17.7. The molecule has 3 rings (SSSR count). The van der Waals surface area contributed by atoms with Crippen molar-refractivity contribution in [3.05, 3.63) is 35.5 Å². The van der Waals surface area contributed by atoms with Crippen LogP contribution in [0.4, 0.5) is 0 Å². The molecule has 0 aliphatic carbocycles. The highest BCUT2D eigenvalue weighted by Crippen LogP contribution is 2.23. The van der Waals surface area contributed by atoms with Gasteiger partial charge in [0.25, 0.3) is 0 Å². The number of Topliss-reactive ketones (excluding diaryl/α,β-unsaturated/α-hetero) is 1. The third-order valence-electron chi connectivity index (χ3n) is 4.10. The number of para-hydroxylation sites is 1. The first-order valence-electron chi connectivity index (χ1n) is 7.16. The summed E-state index contributed by atoms with van der Waals surface area (Å²) in [5, 5.41) is 10.5. The summed E-state index contributed by atoms with van der Waals surface area (Å²) in [4.78, 5) is 18.0. The average molecular weight is 272 g/mol. The first kappa shape index (κ1) is 13.3. The molecule has 0 atom stereocenters. The van der Waals surface area contributed by atoms with E-state index in [-0.39, 0.29) is 11.9 Å². The van der Waals surface area contributed by atoms with E-state index in [1.807, 2.05) is 31.2 Å². The molecule has 4 nitrogen and oxygen atoms in total. The van der Waals surface area contributed by atoms with Crippen LogP contribution < -0.4 is 0 Å². The SMILES string of the molecule is Cc1[nH]c2ccccc2c1C(=O)CN1CCC(O)CC1. The number of ketones is 1. The van der Waals surface area contributed by atoms with Gasteiger partial charge in [-0.3, -0.25) is 9.69 Å². The number of benzene rings is 1. The summed E-state index contributed by atoms with van der Waals surface area (Å²) in [6, 6.07) is 7.92. The van der Waals surface area contributed by atoms with E-state index >= 15 is 0 Å². The number of piperidine rings is 1. The van der Waals surface area contributed by atoms with Crippen molar-refractivity contribution in [2.75, 3.05) is 19.6 Å². The molecule has 0 amide bonds. The van der Waals surface area contributed by atoms with Crippen molar-refractivity contribution < 1.29 is 9.90 Å². The van der Waals surface area contributed by atoms with Crippen LogP contribution in [0, 0.1) is 6.92 Å². The average Bonchev–Trinajstić information content (AvgIpc) is 2.77. The van der Waals surface area contributed by atoms with Crippen molar-refractivity contribution in [2.24, 2.45) is 0 Å². The van der Waals surface area contributed by atoms with E-state index in [1.165, 1.54) is 0 Å². The predicted octanol–water partition coefficient (Wildman–Crippen LogP) is 2.12. The Bertz CT molecular complexity index is 624. The molecule has 1 saturated heterocycles.